The third-order valence-corrected chi connectivity index (χ3v) is 10.1. The summed E-state index contributed by atoms with van der Waals surface area (Å²) in [4.78, 5) is 15.3. The Morgan fingerprint density at radius 3 is 2.47 bits per heavy atom. The van der Waals surface area contributed by atoms with E-state index in [1.54, 1.807) is 104 Å². The molecular weight excluding hydrogens is 707 g/mol. The summed E-state index contributed by atoms with van der Waals surface area (Å²) < 4.78 is 71.1. The highest BCUT2D eigenvalue weighted by molar-refractivity contribution is 6.01. The molecule has 1 unspecified atom stereocenters. The first-order valence-corrected chi connectivity index (χ1v) is 18.9. The fraction of sp³-hybridized carbons (Fsp3) is 0.378. The number of nitrogens with zero attached hydrogens (tertiary/aromatic N) is 2. The van der Waals surface area contributed by atoms with Gasteiger partial charge in [0, 0.05) is 38.9 Å². The van der Waals surface area contributed by atoms with Gasteiger partial charge in [0.05, 0.1) is 17.6 Å². The first kappa shape index (κ1) is 41.3. The summed E-state index contributed by atoms with van der Waals surface area (Å²) in [6, 6.07) is 13.4. The lowest BCUT2D eigenvalue weighted by Crippen LogP contribution is -2.50. The van der Waals surface area contributed by atoms with Crippen molar-refractivity contribution in [3.8, 4) is 0 Å². The van der Waals surface area contributed by atoms with Crippen LogP contribution in [0, 0.1) is 0 Å². The molecule has 1 N–H and O–H groups in total. The van der Waals surface area contributed by atoms with Crippen LogP contribution in [0.1, 0.15) is 74.5 Å². The smallest absolute Gasteiger partial charge is 0.393 e. The van der Waals surface area contributed by atoms with Crippen LogP contribution in [0.15, 0.2) is 121 Å². The summed E-state index contributed by atoms with van der Waals surface area (Å²) in [5, 5.41) is 3.60. The van der Waals surface area contributed by atoms with Crippen molar-refractivity contribution in [1.82, 2.24) is 10.2 Å². The minimum absolute atomic E-state index is 0.0345. The van der Waals surface area contributed by atoms with Gasteiger partial charge in [0.15, 0.2) is 5.76 Å². The lowest BCUT2D eigenvalue weighted by atomic mass is 9.82. The van der Waals surface area contributed by atoms with E-state index in [9.17, 15) is 18.0 Å². The molecule has 10 heteroatoms. The van der Waals surface area contributed by atoms with Gasteiger partial charge in [-0.05, 0) is 103 Å². The molecular formula is C45H51F4N3O3. The van der Waals surface area contributed by atoms with Crippen LogP contribution in [0.3, 0.4) is 0 Å². The number of halogens is 4. The first-order chi connectivity index (χ1) is 26.4. The van der Waals surface area contributed by atoms with E-state index in [0.29, 0.717) is 54.3 Å². The van der Waals surface area contributed by atoms with Gasteiger partial charge in [0.1, 0.15) is 18.7 Å². The van der Waals surface area contributed by atoms with E-state index in [-0.39, 0.29) is 34.4 Å². The Kier molecular flexibility index (Phi) is 14.3. The third kappa shape index (κ3) is 11.3. The van der Waals surface area contributed by atoms with Crippen molar-refractivity contribution in [2.24, 2.45) is 0 Å². The maximum absolute atomic E-state index is 15.4. The predicted molar refractivity (Wildman–Crippen MR) is 213 cm³/mol. The zero-order valence-corrected chi connectivity index (χ0v) is 31.8. The Hall–Kier alpha value is -4.89. The van der Waals surface area contributed by atoms with Gasteiger partial charge in [0.25, 0.3) is 0 Å². The van der Waals surface area contributed by atoms with Crippen molar-refractivity contribution in [1.29, 1.82) is 0 Å². The van der Waals surface area contributed by atoms with E-state index in [2.05, 4.69) is 24.2 Å². The van der Waals surface area contributed by atoms with E-state index in [0.717, 1.165) is 44.9 Å². The summed E-state index contributed by atoms with van der Waals surface area (Å²) in [5.41, 5.74) is 4.99. The fourth-order valence-electron chi connectivity index (χ4n) is 7.28. The minimum Gasteiger partial charge on any atom is -0.484 e. The van der Waals surface area contributed by atoms with Gasteiger partial charge in [-0.3, -0.25) is 4.79 Å². The molecule has 0 aromatic heterocycles. The number of carbonyl (C=O) groups excluding carboxylic acids is 1. The van der Waals surface area contributed by atoms with E-state index < -0.39 is 18.4 Å². The Labute approximate surface area is 322 Å². The fourth-order valence-corrected chi connectivity index (χ4v) is 7.28. The average Bonchev–Trinajstić information content (AvgIpc) is 3.42. The molecule has 0 bridgehead atoms. The minimum atomic E-state index is -4.55. The number of rotatable bonds is 15. The highest BCUT2D eigenvalue weighted by Crippen LogP contribution is 2.42. The van der Waals surface area contributed by atoms with Crippen molar-refractivity contribution in [3.05, 3.63) is 138 Å². The molecule has 1 saturated heterocycles. The van der Waals surface area contributed by atoms with Crippen LogP contribution in [-0.4, -0.2) is 62.6 Å². The van der Waals surface area contributed by atoms with E-state index in [1.165, 1.54) is 4.90 Å². The Morgan fingerprint density at radius 1 is 1.05 bits per heavy atom. The van der Waals surface area contributed by atoms with E-state index in [1.807, 2.05) is 6.08 Å². The van der Waals surface area contributed by atoms with Gasteiger partial charge in [-0.2, -0.15) is 13.2 Å². The van der Waals surface area contributed by atoms with Crippen LogP contribution in [0.2, 0.25) is 0 Å². The summed E-state index contributed by atoms with van der Waals surface area (Å²) in [6.07, 6.45) is 13.2. The summed E-state index contributed by atoms with van der Waals surface area (Å²) in [5.74, 6) is -0.398. The highest BCUT2D eigenvalue weighted by atomic mass is 19.4. The molecule has 1 aliphatic heterocycles. The predicted octanol–water partition coefficient (Wildman–Crippen LogP) is 10.5. The normalized spacial score (nSPS) is 18.8. The summed E-state index contributed by atoms with van der Waals surface area (Å²) >= 11 is 0. The standard InChI is InChI=1S/C45H51F4N3O3/c1-5-52(42-21-10-13-29-54-42)40-25-23-36(30-38(40)33(2)46)43(39(31-45(47,48)49)34-16-8-6-9-17-34)35-18-14-19-37(24-22-35)55-32-44(26-11-7-12-27-44)50-28-15-20-41(53)51(3)4/h5-6,8-9,14-18,20,22-25,30,42,50H,1-2,7,10-13,21,26-29,31-32H2,3-4H3/b20-15+,43-39+. The number of likely N-dealkylation sites (N-methyl/N-ethyl adjacent to an activating group) is 1. The van der Waals surface area contributed by atoms with Gasteiger partial charge in [0.2, 0.25) is 5.91 Å². The number of allylic oxidation sites excluding steroid dienone is 6. The number of amides is 1. The Morgan fingerprint density at radius 2 is 1.82 bits per heavy atom. The molecule has 2 fully saturated rings. The van der Waals surface area contributed by atoms with Crippen LogP contribution in [0.4, 0.5) is 23.2 Å². The van der Waals surface area contributed by atoms with Crippen molar-refractivity contribution >= 4 is 28.6 Å². The van der Waals surface area contributed by atoms with E-state index >= 15 is 4.39 Å². The molecule has 55 heavy (non-hydrogen) atoms. The second-order valence-electron chi connectivity index (χ2n) is 14.3. The molecule has 1 heterocycles. The lowest BCUT2D eigenvalue weighted by molar-refractivity contribution is -0.124. The van der Waals surface area contributed by atoms with Crippen LogP contribution >= 0.6 is 0 Å². The average molecular weight is 758 g/mol. The van der Waals surface area contributed by atoms with E-state index in [4.69, 9.17) is 9.47 Å². The van der Waals surface area contributed by atoms with Crippen molar-refractivity contribution in [3.63, 3.8) is 0 Å². The molecule has 1 atom stereocenters. The van der Waals surface area contributed by atoms with Gasteiger partial charge in [-0.1, -0.05) is 80.6 Å². The number of carbonyl (C=O) groups is 1. The van der Waals surface area contributed by atoms with Crippen molar-refractivity contribution in [2.75, 3.05) is 38.8 Å². The Balaban J connectivity index is 1.50. The molecule has 2 aromatic rings. The molecule has 1 amide bonds. The number of alkyl halides is 3. The van der Waals surface area contributed by atoms with Gasteiger partial charge in [-0.25, -0.2) is 4.39 Å². The number of hydrogen-bond acceptors (Lipinski definition) is 5. The van der Waals surface area contributed by atoms with Crippen LogP contribution < -0.4 is 10.2 Å². The van der Waals surface area contributed by atoms with Crippen LogP contribution in [-0.2, 0) is 14.3 Å². The monoisotopic (exact) mass is 757 g/mol. The molecule has 2 aromatic carbocycles. The number of ether oxygens (including phenoxy) is 2. The Bertz CT molecular complexity index is 1870. The lowest BCUT2D eigenvalue weighted by Gasteiger charge is -2.37. The molecule has 5 rings (SSSR count). The third-order valence-electron chi connectivity index (χ3n) is 10.1. The van der Waals surface area contributed by atoms with Gasteiger partial charge in [-0.15, -0.1) is 0 Å². The number of nitrogens with one attached hydrogen (secondary N) is 1. The van der Waals surface area contributed by atoms with Gasteiger partial charge < -0.3 is 24.6 Å². The molecule has 2 aliphatic carbocycles. The molecule has 1 saturated carbocycles. The number of anilines is 1. The molecule has 0 spiro atoms. The topological polar surface area (TPSA) is 54.0 Å². The maximum atomic E-state index is 15.4. The highest BCUT2D eigenvalue weighted by Gasteiger charge is 2.34. The maximum Gasteiger partial charge on any atom is 0.393 e. The second-order valence-corrected chi connectivity index (χ2v) is 14.3. The summed E-state index contributed by atoms with van der Waals surface area (Å²) in [7, 11) is 3.41. The SMILES string of the molecule is C=CN(c1ccc(/C(C2=CC=C=C(OCC3(NC/C=C/C(=O)N(C)C)CCCCC3)C=C2)=C(\CC(F)(F)F)c2ccccc2)cc1C(=C)F)C1CCCCO1. The largest absolute Gasteiger partial charge is 0.484 e. The number of benzene rings is 2. The molecule has 292 valence electrons. The van der Waals surface area contributed by atoms with Crippen molar-refractivity contribution in [2.45, 2.75) is 75.7 Å². The van der Waals surface area contributed by atoms with Crippen molar-refractivity contribution < 1.29 is 31.8 Å². The molecule has 0 radical (unpaired) electrons. The first-order valence-electron chi connectivity index (χ1n) is 18.9. The quantitative estimate of drug-likeness (QED) is 0.0849. The van der Waals surface area contributed by atoms with Gasteiger partial charge >= 0.3 is 6.18 Å². The summed E-state index contributed by atoms with van der Waals surface area (Å²) in [6.45, 7) is 8.95. The van der Waals surface area contributed by atoms with Crippen LogP contribution in [0.25, 0.3) is 17.0 Å². The zero-order valence-electron chi connectivity index (χ0n) is 31.8. The second kappa shape index (κ2) is 19.1. The molecule has 3 aliphatic rings. The zero-order chi connectivity index (χ0) is 39.4. The van der Waals surface area contributed by atoms with Crippen LogP contribution in [0.5, 0.6) is 0 Å². The number of hydrogen-bond donors (Lipinski definition) is 1. The molecule has 6 nitrogen and oxygen atoms in total.